The van der Waals surface area contributed by atoms with Crippen LogP contribution >= 0.6 is 15.9 Å². The summed E-state index contributed by atoms with van der Waals surface area (Å²) in [6, 6.07) is 0. The predicted octanol–water partition coefficient (Wildman–Crippen LogP) is 2.97. The van der Waals surface area contributed by atoms with Crippen molar-refractivity contribution in [3.63, 3.8) is 0 Å². The molecular formula is C12H19BrN2O. The van der Waals surface area contributed by atoms with Crippen molar-refractivity contribution in [1.29, 1.82) is 0 Å². The second-order valence-corrected chi connectivity index (χ2v) is 5.80. The molecule has 0 bridgehead atoms. The van der Waals surface area contributed by atoms with Crippen LogP contribution in [0.2, 0.25) is 0 Å². The highest BCUT2D eigenvalue weighted by Crippen LogP contribution is 2.41. The minimum atomic E-state index is -0.773. The Morgan fingerprint density at radius 3 is 2.56 bits per heavy atom. The number of hydrogen-bond acceptors (Lipinski definition) is 2. The summed E-state index contributed by atoms with van der Waals surface area (Å²) in [7, 11) is 1.89. The molecule has 1 heterocycles. The van der Waals surface area contributed by atoms with Gasteiger partial charge in [0.15, 0.2) is 0 Å². The van der Waals surface area contributed by atoms with Crippen LogP contribution in [0.4, 0.5) is 0 Å². The molecule has 1 saturated carbocycles. The van der Waals surface area contributed by atoms with Crippen molar-refractivity contribution < 1.29 is 5.11 Å². The Hall–Kier alpha value is -0.350. The van der Waals surface area contributed by atoms with Crippen molar-refractivity contribution in [2.45, 2.75) is 44.6 Å². The number of aliphatic hydroxyl groups is 1. The van der Waals surface area contributed by atoms with E-state index in [-0.39, 0.29) is 0 Å². The topological polar surface area (TPSA) is 38.0 Å². The van der Waals surface area contributed by atoms with Gasteiger partial charge in [0.1, 0.15) is 5.60 Å². The fourth-order valence-corrected chi connectivity index (χ4v) is 3.59. The van der Waals surface area contributed by atoms with Crippen LogP contribution in [0.15, 0.2) is 10.7 Å². The molecule has 1 fully saturated rings. The van der Waals surface area contributed by atoms with Gasteiger partial charge in [0.25, 0.3) is 0 Å². The Morgan fingerprint density at radius 1 is 1.44 bits per heavy atom. The largest absolute Gasteiger partial charge is 0.384 e. The van der Waals surface area contributed by atoms with Gasteiger partial charge < -0.3 is 5.11 Å². The van der Waals surface area contributed by atoms with E-state index < -0.39 is 5.60 Å². The summed E-state index contributed by atoms with van der Waals surface area (Å²) < 4.78 is 2.68. The Morgan fingerprint density at radius 2 is 2.06 bits per heavy atom. The van der Waals surface area contributed by atoms with E-state index >= 15 is 0 Å². The van der Waals surface area contributed by atoms with E-state index in [1.165, 1.54) is 19.3 Å². The lowest BCUT2D eigenvalue weighted by Gasteiger charge is -2.35. The van der Waals surface area contributed by atoms with Gasteiger partial charge in [0.2, 0.25) is 0 Å². The third kappa shape index (κ3) is 2.05. The maximum atomic E-state index is 10.8. The molecular weight excluding hydrogens is 268 g/mol. The molecule has 0 amide bonds. The van der Waals surface area contributed by atoms with Crippen LogP contribution in [0.25, 0.3) is 0 Å². The van der Waals surface area contributed by atoms with Gasteiger partial charge >= 0.3 is 0 Å². The molecule has 0 saturated heterocycles. The Balaban J connectivity index is 2.29. The first kappa shape index (κ1) is 12.1. The van der Waals surface area contributed by atoms with E-state index in [0.29, 0.717) is 5.92 Å². The number of hydrogen-bond donors (Lipinski definition) is 1. The van der Waals surface area contributed by atoms with Crippen LogP contribution in [0, 0.1) is 5.92 Å². The van der Waals surface area contributed by atoms with Crippen molar-refractivity contribution in [3.8, 4) is 0 Å². The summed E-state index contributed by atoms with van der Waals surface area (Å²) in [6.45, 7) is 1.92. The molecule has 1 aliphatic carbocycles. The maximum Gasteiger partial charge on any atom is 0.107 e. The zero-order valence-corrected chi connectivity index (χ0v) is 11.5. The van der Waals surface area contributed by atoms with E-state index in [0.717, 1.165) is 23.0 Å². The molecule has 0 radical (unpaired) electrons. The Labute approximate surface area is 105 Å². The van der Waals surface area contributed by atoms with E-state index in [1.54, 1.807) is 10.9 Å². The first-order valence-corrected chi connectivity index (χ1v) is 6.73. The molecule has 1 aromatic heterocycles. The Kier molecular flexibility index (Phi) is 3.40. The van der Waals surface area contributed by atoms with Gasteiger partial charge in [0.05, 0.1) is 16.4 Å². The number of aryl methyl sites for hydroxylation is 1. The highest BCUT2D eigenvalue weighted by Gasteiger charge is 2.38. The fourth-order valence-electron chi connectivity index (χ4n) is 2.84. The van der Waals surface area contributed by atoms with Crippen molar-refractivity contribution in [3.05, 3.63) is 16.4 Å². The molecule has 2 rings (SSSR count). The third-order valence-electron chi connectivity index (χ3n) is 3.77. The summed E-state index contributed by atoms with van der Waals surface area (Å²) in [5, 5.41) is 15.0. The quantitative estimate of drug-likeness (QED) is 0.908. The molecule has 1 unspecified atom stereocenters. The van der Waals surface area contributed by atoms with E-state index in [4.69, 9.17) is 0 Å². The van der Waals surface area contributed by atoms with Crippen LogP contribution in [0.1, 0.15) is 44.7 Å². The van der Waals surface area contributed by atoms with E-state index in [9.17, 15) is 5.11 Å². The van der Waals surface area contributed by atoms with Crippen LogP contribution < -0.4 is 0 Å². The highest BCUT2D eigenvalue weighted by atomic mass is 79.9. The second kappa shape index (κ2) is 4.49. The zero-order valence-electron chi connectivity index (χ0n) is 9.91. The van der Waals surface area contributed by atoms with Crippen molar-refractivity contribution in [2.75, 3.05) is 0 Å². The first-order chi connectivity index (χ1) is 7.53. The SMILES string of the molecule is Cn1ncc(Br)c1C(C)(O)C1CCCCC1. The lowest BCUT2D eigenvalue weighted by Crippen LogP contribution is -2.35. The van der Waals surface area contributed by atoms with Crippen LogP contribution in [-0.2, 0) is 12.6 Å². The zero-order chi connectivity index (χ0) is 11.8. The molecule has 1 N–H and O–H groups in total. The van der Waals surface area contributed by atoms with Crippen LogP contribution in [0.5, 0.6) is 0 Å². The summed E-state index contributed by atoms with van der Waals surface area (Å²) >= 11 is 3.48. The molecule has 0 spiro atoms. The Bertz CT molecular complexity index is 348. The average Bonchev–Trinajstić information content (AvgIpc) is 2.60. The first-order valence-electron chi connectivity index (χ1n) is 5.94. The molecule has 0 aliphatic heterocycles. The lowest BCUT2D eigenvalue weighted by atomic mass is 9.76. The van der Waals surface area contributed by atoms with Crippen molar-refractivity contribution in [2.24, 2.45) is 13.0 Å². The smallest absolute Gasteiger partial charge is 0.107 e. The van der Waals surface area contributed by atoms with Crippen molar-refractivity contribution >= 4 is 15.9 Å². The van der Waals surface area contributed by atoms with Gasteiger partial charge in [-0.1, -0.05) is 19.3 Å². The molecule has 1 aromatic rings. The van der Waals surface area contributed by atoms with Gasteiger partial charge in [-0.15, -0.1) is 0 Å². The van der Waals surface area contributed by atoms with Gasteiger partial charge in [-0.05, 0) is 41.6 Å². The van der Waals surface area contributed by atoms with Crippen molar-refractivity contribution in [1.82, 2.24) is 9.78 Å². The van der Waals surface area contributed by atoms with Gasteiger partial charge in [0, 0.05) is 7.05 Å². The summed E-state index contributed by atoms with van der Waals surface area (Å²) in [5.74, 6) is 0.355. The molecule has 3 nitrogen and oxygen atoms in total. The van der Waals surface area contributed by atoms with Crippen LogP contribution in [-0.4, -0.2) is 14.9 Å². The molecule has 90 valence electrons. The van der Waals surface area contributed by atoms with E-state index in [1.807, 2.05) is 14.0 Å². The monoisotopic (exact) mass is 286 g/mol. The molecule has 16 heavy (non-hydrogen) atoms. The minimum absolute atomic E-state index is 0.355. The number of nitrogens with zero attached hydrogens (tertiary/aromatic N) is 2. The molecule has 4 heteroatoms. The molecule has 1 aliphatic rings. The maximum absolute atomic E-state index is 10.8. The van der Waals surface area contributed by atoms with Gasteiger partial charge in [-0.25, -0.2) is 0 Å². The van der Waals surface area contributed by atoms with Gasteiger partial charge in [-0.3, -0.25) is 4.68 Å². The predicted molar refractivity (Wildman–Crippen MR) is 67.1 cm³/mol. The average molecular weight is 287 g/mol. The third-order valence-corrected chi connectivity index (χ3v) is 4.35. The van der Waals surface area contributed by atoms with Crippen LogP contribution in [0.3, 0.4) is 0 Å². The number of rotatable bonds is 2. The summed E-state index contributed by atoms with van der Waals surface area (Å²) in [6.07, 6.45) is 7.76. The second-order valence-electron chi connectivity index (χ2n) is 4.95. The standard InChI is InChI=1S/C12H19BrN2O/c1-12(16,9-6-4-3-5-7-9)11-10(13)8-14-15(11)2/h8-9,16H,3-7H2,1-2H3. The minimum Gasteiger partial charge on any atom is -0.384 e. The van der Waals surface area contributed by atoms with Gasteiger partial charge in [-0.2, -0.15) is 5.10 Å². The normalized spacial score (nSPS) is 22.0. The number of halogens is 1. The molecule has 1 atom stereocenters. The van der Waals surface area contributed by atoms with E-state index in [2.05, 4.69) is 21.0 Å². The summed E-state index contributed by atoms with van der Waals surface area (Å²) in [5.41, 5.74) is 0.129. The number of aromatic nitrogens is 2. The fraction of sp³-hybridized carbons (Fsp3) is 0.750. The summed E-state index contributed by atoms with van der Waals surface area (Å²) in [4.78, 5) is 0. The lowest BCUT2D eigenvalue weighted by molar-refractivity contribution is -0.0288. The molecule has 0 aromatic carbocycles. The highest BCUT2D eigenvalue weighted by molar-refractivity contribution is 9.10.